The van der Waals surface area contributed by atoms with Crippen LogP contribution in [-0.4, -0.2) is 70.3 Å². The highest BCUT2D eigenvalue weighted by atomic mass is 16.3. The summed E-state index contributed by atoms with van der Waals surface area (Å²) in [6.07, 6.45) is 3.00. The van der Waals surface area contributed by atoms with Gasteiger partial charge in [0.2, 0.25) is 5.91 Å². The first-order valence-electron chi connectivity index (χ1n) is 6.99. The molecule has 2 aliphatic heterocycles. The Balaban J connectivity index is 1.87. The third kappa shape index (κ3) is 3.02. The van der Waals surface area contributed by atoms with Crippen LogP contribution in [0.1, 0.15) is 32.6 Å². The van der Waals surface area contributed by atoms with Crippen LogP contribution in [0, 0.1) is 0 Å². The molecule has 5 nitrogen and oxygen atoms in total. The summed E-state index contributed by atoms with van der Waals surface area (Å²) in [4.78, 5) is 16.1. The van der Waals surface area contributed by atoms with Crippen molar-refractivity contribution < 1.29 is 15.0 Å². The fraction of sp³-hybridized carbons (Fsp3) is 0.923. The second-order valence-electron chi connectivity index (χ2n) is 5.47. The van der Waals surface area contributed by atoms with E-state index in [1.54, 1.807) is 0 Å². The van der Waals surface area contributed by atoms with E-state index in [0.29, 0.717) is 25.7 Å². The van der Waals surface area contributed by atoms with E-state index in [-0.39, 0.29) is 5.91 Å². The van der Waals surface area contributed by atoms with Crippen molar-refractivity contribution in [3.63, 3.8) is 0 Å². The molecule has 5 heteroatoms. The van der Waals surface area contributed by atoms with Gasteiger partial charge in [-0.1, -0.05) is 6.92 Å². The van der Waals surface area contributed by atoms with Crippen LogP contribution in [-0.2, 0) is 4.79 Å². The van der Waals surface area contributed by atoms with Gasteiger partial charge in [-0.05, 0) is 25.7 Å². The van der Waals surface area contributed by atoms with Crippen molar-refractivity contribution in [3.8, 4) is 0 Å². The predicted molar refractivity (Wildman–Crippen MR) is 68.1 cm³/mol. The maximum Gasteiger partial charge on any atom is 0.237 e. The number of rotatable bonds is 3. The Kier molecular flexibility index (Phi) is 4.59. The molecule has 0 saturated carbocycles. The second-order valence-corrected chi connectivity index (χ2v) is 5.47. The third-order valence-corrected chi connectivity index (χ3v) is 4.11. The molecule has 18 heavy (non-hydrogen) atoms. The average Bonchev–Trinajstić information content (AvgIpc) is 2.68. The molecule has 0 aliphatic carbocycles. The molecule has 1 amide bonds. The number of hydrogen-bond donors (Lipinski definition) is 2. The Morgan fingerprint density at radius 3 is 2.50 bits per heavy atom. The van der Waals surface area contributed by atoms with Crippen molar-refractivity contribution in [1.29, 1.82) is 0 Å². The molecule has 0 bridgehead atoms. The lowest BCUT2D eigenvalue weighted by atomic mass is 10.00. The van der Waals surface area contributed by atoms with Crippen LogP contribution in [0.5, 0.6) is 0 Å². The molecule has 2 heterocycles. The first kappa shape index (κ1) is 13.8. The van der Waals surface area contributed by atoms with Gasteiger partial charge in [-0.3, -0.25) is 9.69 Å². The Bertz CT molecular complexity index is 288. The fourth-order valence-electron chi connectivity index (χ4n) is 3.01. The van der Waals surface area contributed by atoms with Gasteiger partial charge < -0.3 is 15.1 Å². The third-order valence-electron chi connectivity index (χ3n) is 4.11. The zero-order chi connectivity index (χ0) is 13.1. The van der Waals surface area contributed by atoms with Gasteiger partial charge in [0, 0.05) is 25.7 Å². The zero-order valence-corrected chi connectivity index (χ0v) is 11.1. The number of nitrogens with zero attached hydrogens (tertiary/aromatic N) is 2. The highest BCUT2D eigenvalue weighted by Gasteiger charge is 2.33. The van der Waals surface area contributed by atoms with Crippen LogP contribution in [0.25, 0.3) is 0 Å². The lowest BCUT2D eigenvalue weighted by molar-refractivity contribution is -0.136. The number of aliphatic hydroxyl groups excluding tert-OH is 2. The minimum atomic E-state index is -0.707. The monoisotopic (exact) mass is 256 g/mol. The Hall–Kier alpha value is -0.650. The molecule has 104 valence electrons. The standard InChI is InChI=1S/C13H24N2O3/c1-2-10-5-3-4-6-15(10)13(18)9-14-7-11(16)12(17)8-14/h10-12,16-17H,2-9H2,1H3/t10?,11-,12+. The van der Waals surface area contributed by atoms with Crippen LogP contribution in [0.4, 0.5) is 0 Å². The van der Waals surface area contributed by atoms with Gasteiger partial charge >= 0.3 is 0 Å². The van der Waals surface area contributed by atoms with E-state index >= 15 is 0 Å². The summed E-state index contributed by atoms with van der Waals surface area (Å²) in [6, 6.07) is 0.378. The van der Waals surface area contributed by atoms with Gasteiger partial charge in [-0.25, -0.2) is 0 Å². The molecule has 2 saturated heterocycles. The Morgan fingerprint density at radius 2 is 1.89 bits per heavy atom. The number of β-amino-alcohol motifs (C(OH)–C–C–N with tert-alkyl or cyclic N) is 2. The molecule has 2 aliphatic rings. The van der Waals surface area contributed by atoms with Crippen LogP contribution in [0.2, 0.25) is 0 Å². The van der Waals surface area contributed by atoms with Crippen molar-refractivity contribution in [2.75, 3.05) is 26.2 Å². The second kappa shape index (κ2) is 5.99. The van der Waals surface area contributed by atoms with Crippen molar-refractivity contribution >= 4 is 5.91 Å². The molecule has 2 N–H and O–H groups in total. The van der Waals surface area contributed by atoms with Crippen molar-refractivity contribution in [3.05, 3.63) is 0 Å². The number of carbonyl (C=O) groups excluding carboxylic acids is 1. The largest absolute Gasteiger partial charge is 0.389 e. The molecular weight excluding hydrogens is 232 g/mol. The smallest absolute Gasteiger partial charge is 0.237 e. The molecule has 1 unspecified atom stereocenters. The van der Waals surface area contributed by atoms with E-state index in [2.05, 4.69) is 6.92 Å². The number of amides is 1. The molecule has 0 aromatic heterocycles. The van der Waals surface area contributed by atoms with Gasteiger partial charge in [0.15, 0.2) is 0 Å². The summed E-state index contributed by atoms with van der Waals surface area (Å²) < 4.78 is 0. The SMILES string of the molecule is CCC1CCCCN1C(=O)CN1C[C@@H](O)[C@@H](O)C1. The molecular formula is C13H24N2O3. The molecule has 0 aromatic carbocycles. The molecule has 2 rings (SSSR count). The van der Waals surface area contributed by atoms with E-state index in [4.69, 9.17) is 0 Å². The average molecular weight is 256 g/mol. The van der Waals surface area contributed by atoms with E-state index in [9.17, 15) is 15.0 Å². The van der Waals surface area contributed by atoms with E-state index < -0.39 is 12.2 Å². The van der Waals surface area contributed by atoms with Crippen molar-refractivity contribution in [1.82, 2.24) is 9.80 Å². The number of hydrogen-bond acceptors (Lipinski definition) is 4. The summed E-state index contributed by atoms with van der Waals surface area (Å²) in [6.45, 7) is 4.11. The maximum atomic E-state index is 12.3. The maximum absolute atomic E-state index is 12.3. The molecule has 2 fully saturated rings. The van der Waals surface area contributed by atoms with Crippen molar-refractivity contribution in [2.45, 2.75) is 50.9 Å². The van der Waals surface area contributed by atoms with Gasteiger partial charge in [-0.15, -0.1) is 0 Å². The van der Waals surface area contributed by atoms with Crippen molar-refractivity contribution in [2.24, 2.45) is 0 Å². The van der Waals surface area contributed by atoms with E-state index in [1.165, 1.54) is 6.42 Å². The highest BCUT2D eigenvalue weighted by molar-refractivity contribution is 5.78. The Labute approximate surface area is 108 Å². The molecule has 0 aromatic rings. The first-order chi connectivity index (χ1) is 8.61. The van der Waals surface area contributed by atoms with Gasteiger partial charge in [-0.2, -0.15) is 0 Å². The number of likely N-dealkylation sites (tertiary alicyclic amines) is 2. The molecule has 0 radical (unpaired) electrons. The van der Waals surface area contributed by atoms with Crippen LogP contribution >= 0.6 is 0 Å². The lowest BCUT2D eigenvalue weighted by Gasteiger charge is -2.36. The highest BCUT2D eigenvalue weighted by Crippen LogP contribution is 2.20. The summed E-state index contributed by atoms with van der Waals surface area (Å²) in [5.74, 6) is 0.142. The molecule has 0 spiro atoms. The molecule has 3 atom stereocenters. The van der Waals surface area contributed by atoms with Crippen LogP contribution in [0.15, 0.2) is 0 Å². The topological polar surface area (TPSA) is 64.0 Å². The van der Waals surface area contributed by atoms with Gasteiger partial charge in [0.25, 0.3) is 0 Å². The number of piperidine rings is 1. The number of aliphatic hydroxyl groups is 2. The van der Waals surface area contributed by atoms with E-state index in [1.807, 2.05) is 9.80 Å². The summed E-state index contributed by atoms with van der Waals surface area (Å²) in [7, 11) is 0. The minimum absolute atomic E-state index is 0.142. The number of carbonyl (C=O) groups is 1. The summed E-state index contributed by atoms with van der Waals surface area (Å²) in [5.41, 5.74) is 0. The Morgan fingerprint density at radius 1 is 1.22 bits per heavy atom. The minimum Gasteiger partial charge on any atom is -0.389 e. The van der Waals surface area contributed by atoms with Crippen LogP contribution < -0.4 is 0 Å². The summed E-state index contributed by atoms with van der Waals surface area (Å²) in [5, 5.41) is 18.9. The quantitative estimate of drug-likeness (QED) is 0.735. The van der Waals surface area contributed by atoms with Crippen LogP contribution in [0.3, 0.4) is 0 Å². The lowest BCUT2D eigenvalue weighted by Crippen LogP contribution is -2.47. The normalized spacial score (nSPS) is 33.9. The first-order valence-corrected chi connectivity index (χ1v) is 6.99. The van der Waals surface area contributed by atoms with Gasteiger partial charge in [0.1, 0.15) is 0 Å². The fourth-order valence-corrected chi connectivity index (χ4v) is 3.01. The summed E-state index contributed by atoms with van der Waals surface area (Å²) >= 11 is 0. The van der Waals surface area contributed by atoms with E-state index in [0.717, 1.165) is 25.8 Å². The zero-order valence-electron chi connectivity index (χ0n) is 11.1. The van der Waals surface area contributed by atoms with Gasteiger partial charge in [0.05, 0.1) is 18.8 Å². The predicted octanol–water partition coefficient (Wildman–Crippen LogP) is -0.185.